The van der Waals surface area contributed by atoms with Gasteiger partial charge in [0.1, 0.15) is 0 Å². The standard InChI is InChI=1S/C25H36/c1-6-18(7-2)15-21-16-24(19-12-13-19)25(20-11-10-17(5)14-20)23(9-4)22(21)8-3/h10-11,16,18-19H,6-9,12-15H2,1-5H3. The fourth-order valence-electron chi connectivity index (χ4n) is 4.70. The number of benzene rings is 1. The van der Waals surface area contributed by atoms with Crippen LogP contribution >= 0.6 is 0 Å². The molecule has 25 heavy (non-hydrogen) atoms. The number of hydrogen-bond donors (Lipinski definition) is 0. The number of rotatable bonds is 8. The van der Waals surface area contributed by atoms with Gasteiger partial charge in [-0.05, 0) is 90.7 Å². The van der Waals surface area contributed by atoms with E-state index in [9.17, 15) is 0 Å². The molecule has 2 aliphatic rings. The highest BCUT2D eigenvalue weighted by Crippen LogP contribution is 2.47. The molecular formula is C25H36. The monoisotopic (exact) mass is 336 g/mol. The van der Waals surface area contributed by atoms with Crippen molar-refractivity contribution in [3.8, 4) is 0 Å². The van der Waals surface area contributed by atoms with Crippen LogP contribution in [0.2, 0.25) is 0 Å². The molecule has 1 aromatic rings. The van der Waals surface area contributed by atoms with Crippen molar-refractivity contribution < 1.29 is 0 Å². The molecule has 1 fully saturated rings. The van der Waals surface area contributed by atoms with E-state index in [4.69, 9.17) is 0 Å². The Labute approximate surface area is 155 Å². The van der Waals surface area contributed by atoms with Gasteiger partial charge in [0.05, 0.1) is 0 Å². The zero-order valence-corrected chi connectivity index (χ0v) is 17.0. The van der Waals surface area contributed by atoms with E-state index in [0.717, 1.165) is 18.3 Å². The normalized spacial score (nSPS) is 17.2. The SMILES string of the molecule is CCc1c(CC(CC)CC)cc(C2CC2)c(C2=CC=C(C)C2)c1CC. The molecule has 0 radical (unpaired) electrons. The lowest BCUT2D eigenvalue weighted by atomic mass is 9.80. The van der Waals surface area contributed by atoms with Gasteiger partial charge in [-0.25, -0.2) is 0 Å². The molecule has 0 aromatic heterocycles. The Morgan fingerprint density at radius 1 is 0.960 bits per heavy atom. The second-order valence-corrected chi connectivity index (χ2v) is 8.21. The zero-order chi connectivity index (χ0) is 18.0. The molecule has 0 atom stereocenters. The molecular weight excluding hydrogens is 300 g/mol. The van der Waals surface area contributed by atoms with E-state index in [0.29, 0.717) is 0 Å². The predicted molar refractivity (Wildman–Crippen MR) is 111 cm³/mol. The molecule has 0 aliphatic heterocycles. The van der Waals surface area contributed by atoms with Crippen LogP contribution in [-0.4, -0.2) is 0 Å². The first-order chi connectivity index (χ1) is 12.1. The van der Waals surface area contributed by atoms with Crippen molar-refractivity contribution in [3.63, 3.8) is 0 Å². The molecule has 0 saturated heterocycles. The van der Waals surface area contributed by atoms with E-state index in [1.807, 2.05) is 0 Å². The Morgan fingerprint density at radius 2 is 1.64 bits per heavy atom. The van der Waals surface area contributed by atoms with Gasteiger partial charge in [0, 0.05) is 0 Å². The molecule has 0 heterocycles. The number of allylic oxidation sites excluding steroid dienone is 4. The maximum Gasteiger partial charge on any atom is -0.00606 e. The summed E-state index contributed by atoms with van der Waals surface area (Å²) in [6.45, 7) is 11.7. The maximum atomic E-state index is 2.64. The molecule has 0 N–H and O–H groups in total. The smallest absolute Gasteiger partial charge is 0.00606 e. The summed E-state index contributed by atoms with van der Waals surface area (Å²) in [4.78, 5) is 0. The van der Waals surface area contributed by atoms with Crippen molar-refractivity contribution in [2.24, 2.45) is 5.92 Å². The summed E-state index contributed by atoms with van der Waals surface area (Å²) < 4.78 is 0. The van der Waals surface area contributed by atoms with Gasteiger partial charge < -0.3 is 0 Å². The molecule has 0 bridgehead atoms. The fraction of sp³-hybridized carbons (Fsp3) is 0.600. The lowest BCUT2D eigenvalue weighted by Crippen LogP contribution is -2.11. The first kappa shape index (κ1) is 18.5. The molecule has 3 rings (SSSR count). The minimum Gasteiger partial charge on any atom is -0.0689 e. The van der Waals surface area contributed by atoms with E-state index in [1.165, 1.54) is 50.5 Å². The van der Waals surface area contributed by atoms with Crippen molar-refractivity contribution in [3.05, 3.63) is 51.6 Å². The van der Waals surface area contributed by atoms with Crippen LogP contribution in [-0.2, 0) is 19.3 Å². The predicted octanol–water partition coefficient (Wildman–Crippen LogP) is 7.40. The average molecular weight is 337 g/mol. The van der Waals surface area contributed by atoms with Gasteiger partial charge >= 0.3 is 0 Å². The quantitative estimate of drug-likeness (QED) is 0.464. The fourth-order valence-corrected chi connectivity index (χ4v) is 4.70. The van der Waals surface area contributed by atoms with Crippen LogP contribution in [0.1, 0.15) is 100 Å². The lowest BCUT2D eigenvalue weighted by molar-refractivity contribution is 0.488. The molecule has 2 aliphatic carbocycles. The van der Waals surface area contributed by atoms with Crippen molar-refractivity contribution in [1.82, 2.24) is 0 Å². The lowest BCUT2D eigenvalue weighted by Gasteiger charge is -2.24. The van der Waals surface area contributed by atoms with Gasteiger partial charge in [-0.3, -0.25) is 0 Å². The molecule has 1 aromatic carbocycles. The Balaban J connectivity index is 2.11. The first-order valence-electron chi connectivity index (χ1n) is 10.7. The minimum atomic E-state index is 0.827. The molecule has 0 spiro atoms. The van der Waals surface area contributed by atoms with E-state index in [1.54, 1.807) is 33.4 Å². The van der Waals surface area contributed by atoms with Crippen molar-refractivity contribution in [2.75, 3.05) is 0 Å². The summed E-state index contributed by atoms with van der Waals surface area (Å²) in [5.74, 6) is 1.66. The van der Waals surface area contributed by atoms with Crippen molar-refractivity contribution in [1.29, 1.82) is 0 Å². The van der Waals surface area contributed by atoms with Gasteiger partial charge in [-0.1, -0.05) is 64.3 Å². The van der Waals surface area contributed by atoms with Gasteiger partial charge in [0.2, 0.25) is 0 Å². The molecule has 0 unspecified atom stereocenters. The highest BCUT2D eigenvalue weighted by Gasteiger charge is 2.30. The molecule has 136 valence electrons. The van der Waals surface area contributed by atoms with E-state index < -0.39 is 0 Å². The Morgan fingerprint density at radius 3 is 2.12 bits per heavy atom. The summed E-state index contributed by atoms with van der Waals surface area (Å²) >= 11 is 0. The number of hydrogen-bond acceptors (Lipinski definition) is 0. The van der Waals surface area contributed by atoms with Gasteiger partial charge in [0.25, 0.3) is 0 Å². The third-order valence-corrected chi connectivity index (χ3v) is 6.42. The maximum absolute atomic E-state index is 2.64. The van der Waals surface area contributed by atoms with Crippen molar-refractivity contribution >= 4 is 5.57 Å². The minimum absolute atomic E-state index is 0.827. The second kappa shape index (κ2) is 7.94. The van der Waals surface area contributed by atoms with Crippen LogP contribution in [0.5, 0.6) is 0 Å². The second-order valence-electron chi connectivity index (χ2n) is 8.21. The topological polar surface area (TPSA) is 0 Å². The van der Waals surface area contributed by atoms with E-state index in [2.05, 4.69) is 52.8 Å². The van der Waals surface area contributed by atoms with Crippen LogP contribution in [0.15, 0.2) is 23.8 Å². The summed E-state index contributed by atoms with van der Waals surface area (Å²) in [5, 5.41) is 0. The van der Waals surface area contributed by atoms with Crippen LogP contribution in [0.3, 0.4) is 0 Å². The van der Waals surface area contributed by atoms with Crippen LogP contribution in [0, 0.1) is 5.92 Å². The average Bonchev–Trinajstić information content (AvgIpc) is 3.39. The highest BCUT2D eigenvalue weighted by molar-refractivity contribution is 5.78. The van der Waals surface area contributed by atoms with E-state index in [-0.39, 0.29) is 0 Å². The summed E-state index contributed by atoms with van der Waals surface area (Å²) in [6, 6.07) is 2.64. The summed E-state index contributed by atoms with van der Waals surface area (Å²) in [7, 11) is 0. The van der Waals surface area contributed by atoms with E-state index >= 15 is 0 Å². The largest absolute Gasteiger partial charge is 0.0689 e. The Bertz CT molecular complexity index is 678. The van der Waals surface area contributed by atoms with Crippen LogP contribution in [0.25, 0.3) is 5.57 Å². The van der Waals surface area contributed by atoms with Crippen molar-refractivity contribution in [2.45, 2.75) is 91.9 Å². The van der Waals surface area contributed by atoms with Gasteiger partial charge in [0.15, 0.2) is 0 Å². The van der Waals surface area contributed by atoms with Gasteiger partial charge in [-0.2, -0.15) is 0 Å². The van der Waals surface area contributed by atoms with Gasteiger partial charge in [-0.15, -0.1) is 0 Å². The molecule has 1 saturated carbocycles. The molecule has 0 nitrogen and oxygen atoms in total. The first-order valence-corrected chi connectivity index (χ1v) is 10.7. The molecule has 0 heteroatoms. The molecule has 0 amide bonds. The summed E-state index contributed by atoms with van der Waals surface area (Å²) in [5.41, 5.74) is 11.4. The third-order valence-electron chi connectivity index (χ3n) is 6.42. The highest BCUT2D eigenvalue weighted by atomic mass is 14.3. The summed E-state index contributed by atoms with van der Waals surface area (Å²) in [6.07, 6.45) is 14.9. The third kappa shape index (κ3) is 3.78. The Hall–Kier alpha value is -1.30. The van der Waals surface area contributed by atoms with Crippen LogP contribution < -0.4 is 0 Å². The zero-order valence-electron chi connectivity index (χ0n) is 17.0. The Kier molecular flexibility index (Phi) is 5.87. The van der Waals surface area contributed by atoms with Crippen LogP contribution in [0.4, 0.5) is 0 Å².